The summed E-state index contributed by atoms with van der Waals surface area (Å²) in [5, 5.41) is 3.62. The minimum Gasteiger partial charge on any atom is -0.497 e. The summed E-state index contributed by atoms with van der Waals surface area (Å²) in [6.07, 6.45) is 0. The third-order valence-corrected chi connectivity index (χ3v) is 2.59. The summed E-state index contributed by atoms with van der Waals surface area (Å²) in [6, 6.07) is 5.47. The molecule has 0 bridgehead atoms. The van der Waals surface area contributed by atoms with Gasteiger partial charge >= 0.3 is 0 Å². The Balaban J connectivity index is 2.83. The van der Waals surface area contributed by atoms with Crippen LogP contribution in [-0.2, 0) is 0 Å². The predicted octanol–water partition coefficient (Wildman–Crippen LogP) is 3.43. The molecule has 1 aromatic rings. The van der Waals surface area contributed by atoms with Crippen LogP contribution < -0.4 is 14.8 Å². The molecule has 88 valence electrons. The molecule has 0 aliphatic carbocycles. The van der Waals surface area contributed by atoms with Gasteiger partial charge in [0.1, 0.15) is 11.5 Å². The number of hydrogen-bond donors (Lipinski definition) is 1. The highest BCUT2D eigenvalue weighted by Gasteiger charge is 2.04. The lowest BCUT2D eigenvalue weighted by Crippen LogP contribution is -2.03. The molecule has 0 aromatic heterocycles. The Kier molecular flexibility index (Phi) is 5.29. The Hall–Kier alpha value is -1.06. The maximum absolute atomic E-state index is 5.78. The molecule has 0 heterocycles. The van der Waals surface area contributed by atoms with Crippen molar-refractivity contribution in [1.82, 2.24) is 0 Å². The number of benzene rings is 1. The molecule has 0 aliphatic rings. The third kappa shape index (κ3) is 3.51. The Morgan fingerprint density at radius 1 is 1.38 bits per heavy atom. The first-order chi connectivity index (χ1) is 7.71. The highest BCUT2D eigenvalue weighted by molar-refractivity contribution is 6.36. The maximum Gasteiger partial charge on any atom is 0.142 e. The maximum atomic E-state index is 5.78. The molecule has 0 fully saturated rings. The van der Waals surface area contributed by atoms with Crippen molar-refractivity contribution in [2.75, 3.05) is 26.1 Å². The topological polar surface area (TPSA) is 30.5 Å². The van der Waals surface area contributed by atoms with E-state index in [0.29, 0.717) is 11.6 Å². The summed E-state index contributed by atoms with van der Waals surface area (Å²) < 4.78 is 10.3. The second kappa shape index (κ2) is 6.51. The number of rotatable bonds is 5. The minimum absolute atomic E-state index is 0.439. The second-order valence-corrected chi connectivity index (χ2v) is 3.68. The Morgan fingerprint density at radius 3 is 2.69 bits per heavy atom. The van der Waals surface area contributed by atoms with Crippen LogP contribution in [-0.4, -0.2) is 20.8 Å². The van der Waals surface area contributed by atoms with E-state index in [0.717, 1.165) is 17.2 Å². The zero-order valence-electron chi connectivity index (χ0n) is 9.09. The van der Waals surface area contributed by atoms with Gasteiger partial charge in [-0.05, 0) is 12.1 Å². The first kappa shape index (κ1) is 13.0. The molecule has 0 unspecified atom stereocenters. The van der Waals surface area contributed by atoms with Gasteiger partial charge in [0.25, 0.3) is 0 Å². The van der Waals surface area contributed by atoms with Gasteiger partial charge in [-0.2, -0.15) is 0 Å². The highest BCUT2D eigenvalue weighted by atomic mass is 35.5. The van der Waals surface area contributed by atoms with Crippen molar-refractivity contribution in [2.45, 2.75) is 0 Å². The van der Waals surface area contributed by atoms with Gasteiger partial charge in [-0.1, -0.05) is 23.2 Å². The van der Waals surface area contributed by atoms with Crippen LogP contribution in [0, 0.1) is 0 Å². The van der Waals surface area contributed by atoms with Crippen LogP contribution in [0.25, 0.3) is 0 Å². The Bertz CT molecular complexity index is 380. The monoisotopic (exact) mass is 261 g/mol. The molecule has 5 heteroatoms. The summed E-state index contributed by atoms with van der Waals surface area (Å²) in [4.78, 5) is 0. The fourth-order valence-electron chi connectivity index (χ4n) is 1.17. The molecule has 0 saturated heterocycles. The fourth-order valence-corrected chi connectivity index (χ4v) is 1.31. The molecule has 16 heavy (non-hydrogen) atoms. The lowest BCUT2D eigenvalue weighted by molar-refractivity contribution is 0.404. The van der Waals surface area contributed by atoms with E-state index in [-0.39, 0.29) is 0 Å². The highest BCUT2D eigenvalue weighted by Crippen LogP contribution is 2.29. The van der Waals surface area contributed by atoms with Crippen molar-refractivity contribution in [2.24, 2.45) is 0 Å². The van der Waals surface area contributed by atoms with Gasteiger partial charge in [-0.3, -0.25) is 0 Å². The zero-order chi connectivity index (χ0) is 12.0. The zero-order valence-corrected chi connectivity index (χ0v) is 10.6. The molecule has 1 aromatic carbocycles. The van der Waals surface area contributed by atoms with E-state index in [1.54, 1.807) is 14.2 Å². The Morgan fingerprint density at radius 2 is 2.12 bits per heavy atom. The number of methoxy groups -OCH3 is 2. The predicted molar refractivity (Wildman–Crippen MR) is 67.8 cm³/mol. The molecule has 0 amide bonds. The van der Waals surface area contributed by atoms with Crippen LogP contribution in [0.4, 0.5) is 5.69 Å². The van der Waals surface area contributed by atoms with Gasteiger partial charge in [0, 0.05) is 16.6 Å². The van der Waals surface area contributed by atoms with E-state index in [1.807, 2.05) is 18.2 Å². The van der Waals surface area contributed by atoms with Gasteiger partial charge in [0.2, 0.25) is 0 Å². The van der Waals surface area contributed by atoms with Crippen molar-refractivity contribution in [3.8, 4) is 11.5 Å². The van der Waals surface area contributed by atoms with Gasteiger partial charge in [-0.15, -0.1) is 0 Å². The Labute approximate surface area is 105 Å². The number of hydrogen-bond acceptors (Lipinski definition) is 3. The smallest absolute Gasteiger partial charge is 0.142 e. The molecular formula is C11H13Cl2NO2. The largest absolute Gasteiger partial charge is 0.497 e. The molecule has 0 saturated carbocycles. The number of anilines is 1. The van der Waals surface area contributed by atoms with Gasteiger partial charge in [0.15, 0.2) is 0 Å². The standard InChI is InChI=1S/C11H13Cl2NO2/c1-15-9-3-4-11(16-2)10(5-9)14-7-8(13)6-12/h3-6,14H,7H2,1-2H3. The summed E-state index contributed by atoms with van der Waals surface area (Å²) in [5.41, 5.74) is 2.12. The van der Waals surface area contributed by atoms with Crippen molar-refractivity contribution in [1.29, 1.82) is 0 Å². The van der Waals surface area contributed by atoms with E-state index < -0.39 is 0 Å². The van der Waals surface area contributed by atoms with E-state index in [2.05, 4.69) is 5.32 Å². The molecule has 1 N–H and O–H groups in total. The molecule has 0 spiro atoms. The molecular weight excluding hydrogens is 249 g/mol. The van der Waals surface area contributed by atoms with Gasteiger partial charge < -0.3 is 14.8 Å². The van der Waals surface area contributed by atoms with Crippen LogP contribution in [0.3, 0.4) is 0 Å². The van der Waals surface area contributed by atoms with E-state index in [9.17, 15) is 0 Å². The minimum atomic E-state index is 0.439. The van der Waals surface area contributed by atoms with Crippen molar-refractivity contribution in [3.05, 3.63) is 28.8 Å². The molecule has 0 radical (unpaired) electrons. The van der Waals surface area contributed by atoms with Crippen LogP contribution >= 0.6 is 23.2 Å². The normalized spacial score (nSPS) is 11.1. The fraction of sp³-hybridized carbons (Fsp3) is 0.273. The summed E-state index contributed by atoms with van der Waals surface area (Å²) >= 11 is 11.2. The summed E-state index contributed by atoms with van der Waals surface area (Å²) in [5.74, 6) is 1.47. The van der Waals surface area contributed by atoms with E-state index in [1.165, 1.54) is 5.54 Å². The molecule has 3 nitrogen and oxygen atoms in total. The third-order valence-electron chi connectivity index (χ3n) is 1.97. The number of nitrogens with one attached hydrogen (secondary N) is 1. The first-order valence-corrected chi connectivity index (χ1v) is 5.43. The van der Waals surface area contributed by atoms with Crippen molar-refractivity contribution >= 4 is 28.9 Å². The first-order valence-electron chi connectivity index (χ1n) is 4.62. The summed E-state index contributed by atoms with van der Waals surface area (Å²) in [6.45, 7) is 0.439. The average molecular weight is 262 g/mol. The SMILES string of the molecule is COc1ccc(OC)c(NCC(Cl)=CCl)c1. The van der Waals surface area contributed by atoms with Crippen molar-refractivity contribution in [3.63, 3.8) is 0 Å². The number of ether oxygens (including phenoxy) is 2. The molecule has 0 aliphatic heterocycles. The van der Waals surface area contributed by atoms with Crippen LogP contribution in [0.5, 0.6) is 11.5 Å². The average Bonchev–Trinajstić information content (AvgIpc) is 2.35. The van der Waals surface area contributed by atoms with Crippen LogP contribution in [0.1, 0.15) is 0 Å². The lowest BCUT2D eigenvalue weighted by atomic mass is 10.2. The van der Waals surface area contributed by atoms with Crippen LogP contribution in [0.15, 0.2) is 28.8 Å². The second-order valence-electron chi connectivity index (χ2n) is 2.98. The summed E-state index contributed by atoms with van der Waals surface area (Å²) in [7, 11) is 3.21. The quantitative estimate of drug-likeness (QED) is 0.881. The van der Waals surface area contributed by atoms with Crippen LogP contribution in [0.2, 0.25) is 0 Å². The molecule has 0 atom stereocenters. The lowest BCUT2D eigenvalue weighted by Gasteiger charge is -2.12. The number of halogens is 2. The van der Waals surface area contributed by atoms with E-state index in [4.69, 9.17) is 32.7 Å². The van der Waals surface area contributed by atoms with Gasteiger partial charge in [0.05, 0.1) is 26.5 Å². The van der Waals surface area contributed by atoms with Gasteiger partial charge in [-0.25, -0.2) is 0 Å². The van der Waals surface area contributed by atoms with E-state index >= 15 is 0 Å². The molecule has 1 rings (SSSR count). The van der Waals surface area contributed by atoms with Crippen molar-refractivity contribution < 1.29 is 9.47 Å².